The normalized spacial score (nSPS) is 11.9. The van der Waals surface area contributed by atoms with Crippen LogP contribution in [0.4, 0.5) is 0 Å². The third-order valence-corrected chi connectivity index (χ3v) is 5.99. The Morgan fingerprint density at radius 2 is 0.921 bits per heavy atom. The summed E-state index contributed by atoms with van der Waals surface area (Å²) in [5.41, 5.74) is 0. The van der Waals surface area contributed by atoms with Gasteiger partial charge in [-0.05, 0) is 12.8 Å². The maximum atomic E-state index is 10.4. The Hall–Kier alpha value is -1.71. The fourth-order valence-corrected chi connectivity index (χ4v) is 3.68. The van der Waals surface area contributed by atoms with Crippen molar-refractivity contribution in [2.75, 3.05) is 6.61 Å². The number of aliphatic hydroxyl groups excluding tert-OH is 3. The first-order valence-electron chi connectivity index (χ1n) is 14.8. The summed E-state index contributed by atoms with van der Waals surface area (Å²) in [5.74, 6) is -2.98. The van der Waals surface area contributed by atoms with E-state index in [4.69, 9.17) is 30.6 Å². The van der Waals surface area contributed by atoms with Gasteiger partial charge in [0.05, 0.1) is 25.6 Å². The van der Waals surface area contributed by atoms with Crippen LogP contribution in [-0.4, -0.2) is 67.4 Å². The van der Waals surface area contributed by atoms with Crippen molar-refractivity contribution in [1.29, 1.82) is 0 Å². The van der Waals surface area contributed by atoms with Gasteiger partial charge in [0, 0.05) is 0 Å². The highest BCUT2D eigenvalue weighted by atomic mass is 16.4. The molecule has 228 valence electrons. The van der Waals surface area contributed by atoms with Gasteiger partial charge in [-0.25, -0.2) is 4.79 Å². The van der Waals surface area contributed by atoms with Crippen molar-refractivity contribution in [1.82, 2.24) is 0 Å². The highest BCUT2D eigenvalue weighted by Crippen LogP contribution is 2.13. The SMILES string of the molecule is CCCCCC(O)CC(=O)O.CCCCCCCCCCCCCCCCC(O)C(=O)O.O=C(O)CCO. The lowest BCUT2D eigenvalue weighted by Crippen LogP contribution is -2.18. The topological polar surface area (TPSA) is 173 Å². The molecule has 0 radical (unpaired) electrons. The zero-order chi connectivity index (χ0) is 29.4. The Morgan fingerprint density at radius 1 is 0.553 bits per heavy atom. The second kappa shape index (κ2) is 33.3. The largest absolute Gasteiger partial charge is 0.481 e. The highest BCUT2D eigenvalue weighted by molar-refractivity contribution is 5.71. The van der Waals surface area contributed by atoms with Crippen molar-refractivity contribution in [2.24, 2.45) is 0 Å². The molecule has 9 heteroatoms. The maximum absolute atomic E-state index is 10.4. The van der Waals surface area contributed by atoms with Gasteiger partial charge in [0.15, 0.2) is 6.10 Å². The fraction of sp³-hybridized carbons (Fsp3) is 0.897. The predicted molar refractivity (Wildman–Crippen MR) is 150 cm³/mol. The first-order valence-corrected chi connectivity index (χ1v) is 14.8. The molecule has 0 aliphatic heterocycles. The van der Waals surface area contributed by atoms with Crippen LogP contribution in [0, 0.1) is 0 Å². The Labute approximate surface area is 230 Å². The second-order valence-corrected chi connectivity index (χ2v) is 9.85. The van der Waals surface area contributed by atoms with E-state index in [1.54, 1.807) is 0 Å². The lowest BCUT2D eigenvalue weighted by atomic mass is 10.0. The quantitative estimate of drug-likeness (QED) is 0.0769. The van der Waals surface area contributed by atoms with Crippen LogP contribution in [0.25, 0.3) is 0 Å². The summed E-state index contributed by atoms with van der Waals surface area (Å²) in [6, 6.07) is 0. The molecular formula is C29H58O9. The van der Waals surface area contributed by atoms with Crippen molar-refractivity contribution in [2.45, 2.75) is 161 Å². The Bertz CT molecular complexity index is 526. The van der Waals surface area contributed by atoms with Crippen LogP contribution < -0.4 is 0 Å². The molecule has 0 bridgehead atoms. The molecule has 38 heavy (non-hydrogen) atoms. The van der Waals surface area contributed by atoms with E-state index in [0.29, 0.717) is 12.8 Å². The number of unbranched alkanes of at least 4 members (excludes halogenated alkanes) is 15. The molecule has 0 saturated carbocycles. The minimum atomic E-state index is -1.16. The van der Waals surface area contributed by atoms with E-state index in [2.05, 4.69) is 13.8 Å². The molecule has 0 aliphatic rings. The summed E-state index contributed by atoms with van der Waals surface area (Å²) in [7, 11) is 0. The molecule has 0 saturated heterocycles. The number of hydrogen-bond donors (Lipinski definition) is 6. The Balaban J connectivity index is -0.000000596. The number of rotatable bonds is 24. The van der Waals surface area contributed by atoms with Crippen LogP contribution >= 0.6 is 0 Å². The summed E-state index contributed by atoms with van der Waals surface area (Å²) in [4.78, 5) is 29.9. The molecule has 0 rings (SSSR count). The molecule has 9 nitrogen and oxygen atoms in total. The van der Waals surface area contributed by atoms with Gasteiger partial charge in [-0.15, -0.1) is 0 Å². The van der Waals surface area contributed by atoms with Gasteiger partial charge in [-0.2, -0.15) is 0 Å². The van der Waals surface area contributed by atoms with E-state index in [0.717, 1.165) is 32.1 Å². The van der Waals surface area contributed by atoms with Gasteiger partial charge in [0.2, 0.25) is 0 Å². The molecule has 6 N–H and O–H groups in total. The van der Waals surface area contributed by atoms with Crippen LogP contribution in [0.15, 0.2) is 0 Å². The molecule has 2 atom stereocenters. The molecule has 0 aromatic heterocycles. The van der Waals surface area contributed by atoms with Gasteiger partial charge < -0.3 is 30.6 Å². The first kappa shape index (κ1) is 40.8. The van der Waals surface area contributed by atoms with E-state index < -0.39 is 30.1 Å². The smallest absolute Gasteiger partial charge is 0.332 e. The van der Waals surface area contributed by atoms with Crippen LogP contribution in [-0.2, 0) is 14.4 Å². The number of carboxylic acids is 3. The molecule has 0 aliphatic carbocycles. The fourth-order valence-electron chi connectivity index (χ4n) is 3.68. The summed E-state index contributed by atoms with van der Waals surface area (Å²) in [5, 5.41) is 50.6. The van der Waals surface area contributed by atoms with E-state index in [9.17, 15) is 14.4 Å². The van der Waals surface area contributed by atoms with Gasteiger partial charge in [-0.1, -0.05) is 123 Å². The zero-order valence-corrected chi connectivity index (χ0v) is 24.1. The van der Waals surface area contributed by atoms with Gasteiger partial charge in [0.1, 0.15) is 0 Å². The standard InChI is InChI=1S/C18H36O3.C8H16O3.C3H6O3/c1-2-3-4-5-6-7-8-9-10-11-12-13-14-15-16-17(19)18(20)21;1-2-3-4-5-7(9)6-8(10)11;4-2-1-3(5)6/h17,19H,2-16H2,1H3,(H,20,21);7,9H,2-6H2,1H3,(H,10,11);4H,1-2H2,(H,5,6). The third-order valence-electron chi connectivity index (χ3n) is 5.99. The Morgan fingerprint density at radius 3 is 1.24 bits per heavy atom. The average molecular weight is 551 g/mol. The van der Waals surface area contributed by atoms with Crippen molar-refractivity contribution in [3.05, 3.63) is 0 Å². The van der Waals surface area contributed by atoms with Crippen molar-refractivity contribution >= 4 is 17.9 Å². The lowest BCUT2D eigenvalue weighted by molar-refractivity contribution is -0.147. The van der Waals surface area contributed by atoms with Crippen LogP contribution in [0.5, 0.6) is 0 Å². The zero-order valence-electron chi connectivity index (χ0n) is 24.1. The summed E-state index contributed by atoms with van der Waals surface area (Å²) in [6.45, 7) is 4.06. The molecule has 0 heterocycles. The Kier molecular flexibility index (Phi) is 35.8. The predicted octanol–water partition coefficient (Wildman–Crippen LogP) is 6.16. The second-order valence-electron chi connectivity index (χ2n) is 9.85. The first-order chi connectivity index (χ1) is 18.1. The minimum absolute atomic E-state index is 0.121. The van der Waals surface area contributed by atoms with E-state index >= 15 is 0 Å². The van der Waals surface area contributed by atoms with Crippen molar-refractivity contribution in [3.8, 4) is 0 Å². The summed E-state index contributed by atoms with van der Waals surface area (Å²) >= 11 is 0. The van der Waals surface area contributed by atoms with E-state index in [-0.39, 0.29) is 19.4 Å². The summed E-state index contributed by atoms with van der Waals surface area (Å²) < 4.78 is 0. The molecule has 0 amide bonds. The van der Waals surface area contributed by atoms with Crippen LogP contribution in [0.3, 0.4) is 0 Å². The third kappa shape index (κ3) is 41.4. The lowest BCUT2D eigenvalue weighted by Gasteiger charge is -2.05. The number of aliphatic carboxylic acids is 3. The number of hydrogen-bond acceptors (Lipinski definition) is 6. The van der Waals surface area contributed by atoms with Gasteiger partial charge in [-0.3, -0.25) is 9.59 Å². The molecular weight excluding hydrogens is 492 g/mol. The monoisotopic (exact) mass is 550 g/mol. The van der Waals surface area contributed by atoms with Crippen LogP contribution in [0.1, 0.15) is 149 Å². The maximum Gasteiger partial charge on any atom is 0.332 e. The molecule has 0 aromatic rings. The van der Waals surface area contributed by atoms with Crippen molar-refractivity contribution in [3.63, 3.8) is 0 Å². The number of aliphatic hydroxyl groups is 3. The summed E-state index contributed by atoms with van der Waals surface area (Å²) in [6.07, 6.45) is 20.0. The minimum Gasteiger partial charge on any atom is -0.481 e. The van der Waals surface area contributed by atoms with E-state index in [1.165, 1.54) is 77.0 Å². The van der Waals surface area contributed by atoms with Crippen LogP contribution in [0.2, 0.25) is 0 Å². The number of carbonyl (C=O) groups is 3. The molecule has 0 spiro atoms. The van der Waals surface area contributed by atoms with Gasteiger partial charge in [0.25, 0.3) is 0 Å². The van der Waals surface area contributed by atoms with Gasteiger partial charge >= 0.3 is 17.9 Å². The highest BCUT2D eigenvalue weighted by Gasteiger charge is 2.11. The molecule has 0 fully saturated rings. The molecule has 0 aromatic carbocycles. The molecule has 2 unspecified atom stereocenters. The average Bonchev–Trinajstić information content (AvgIpc) is 2.84. The number of carboxylic acid groups (broad SMARTS) is 3. The van der Waals surface area contributed by atoms with E-state index in [1.807, 2.05) is 0 Å². The van der Waals surface area contributed by atoms with Crippen molar-refractivity contribution < 1.29 is 45.0 Å².